The second-order valence-corrected chi connectivity index (χ2v) is 5.62. The van der Waals surface area contributed by atoms with Crippen LogP contribution in [0.4, 0.5) is 0 Å². The van der Waals surface area contributed by atoms with E-state index in [9.17, 15) is 13.5 Å². The van der Waals surface area contributed by atoms with Crippen molar-refractivity contribution in [2.45, 2.75) is 30.6 Å². The van der Waals surface area contributed by atoms with Gasteiger partial charge < -0.3 is 0 Å². The van der Waals surface area contributed by atoms with Gasteiger partial charge in [-0.2, -0.15) is 0 Å². The molecular formula is C10H15N2O3S. The van der Waals surface area contributed by atoms with Crippen LogP contribution in [0.1, 0.15) is 25.7 Å². The van der Waals surface area contributed by atoms with Gasteiger partial charge in [0, 0.05) is 12.4 Å². The van der Waals surface area contributed by atoms with E-state index in [4.69, 9.17) is 0 Å². The quantitative estimate of drug-likeness (QED) is 0.675. The van der Waals surface area contributed by atoms with Gasteiger partial charge in [0.2, 0.25) is 0 Å². The molecule has 0 aliphatic rings. The normalized spacial score (nSPS) is 11.6. The molecule has 0 aliphatic carbocycles. The second kappa shape index (κ2) is 6.55. The van der Waals surface area contributed by atoms with E-state index in [1.54, 1.807) is 0 Å². The van der Waals surface area contributed by atoms with Gasteiger partial charge in [-0.1, -0.05) is 12.8 Å². The first-order valence-electron chi connectivity index (χ1n) is 5.22. The summed E-state index contributed by atoms with van der Waals surface area (Å²) < 4.78 is 23.4. The number of unbranched alkanes of at least 4 members (excludes halogenated alkanes) is 3. The molecule has 1 radical (unpaired) electrons. The van der Waals surface area contributed by atoms with Crippen LogP contribution in [0.5, 0.6) is 0 Å². The van der Waals surface area contributed by atoms with E-state index in [2.05, 4.69) is 9.97 Å². The highest BCUT2D eigenvalue weighted by Gasteiger charge is 2.13. The molecule has 0 saturated carbocycles. The fraction of sp³-hybridized carbons (Fsp3) is 0.600. The molecule has 0 spiro atoms. The molecule has 5 nitrogen and oxygen atoms in total. The molecule has 0 atom stereocenters. The molecular weight excluding hydrogens is 228 g/mol. The van der Waals surface area contributed by atoms with E-state index in [0.717, 1.165) is 12.8 Å². The molecule has 0 amide bonds. The fourth-order valence-corrected chi connectivity index (χ4v) is 2.57. The molecule has 1 rings (SSSR count). The van der Waals surface area contributed by atoms with Gasteiger partial charge in [0.25, 0.3) is 0 Å². The highest BCUT2D eigenvalue weighted by Crippen LogP contribution is 2.10. The first-order valence-corrected chi connectivity index (χ1v) is 6.88. The van der Waals surface area contributed by atoms with Crippen LogP contribution in [0.25, 0.3) is 0 Å². The number of aromatic nitrogens is 2. The SMILES string of the molecule is [O]CCCCCCS(=O)(=O)c1cncnc1. The molecule has 0 fully saturated rings. The van der Waals surface area contributed by atoms with Crippen LogP contribution in [0.15, 0.2) is 23.6 Å². The lowest BCUT2D eigenvalue weighted by Gasteiger charge is -2.02. The summed E-state index contributed by atoms with van der Waals surface area (Å²) in [6.45, 7) is -0.0841. The van der Waals surface area contributed by atoms with Crippen molar-refractivity contribution < 1.29 is 13.5 Å². The standard InChI is InChI=1S/C10H15N2O3S/c13-5-3-1-2-4-6-16(14,15)10-7-11-9-12-8-10/h7-9H,1-6H2. The Balaban J connectivity index is 2.41. The molecule has 1 aromatic heterocycles. The third kappa shape index (κ3) is 4.24. The van der Waals surface area contributed by atoms with Crippen LogP contribution < -0.4 is 0 Å². The predicted molar refractivity (Wildman–Crippen MR) is 58.1 cm³/mol. The van der Waals surface area contributed by atoms with E-state index in [1.165, 1.54) is 18.7 Å². The van der Waals surface area contributed by atoms with Crippen LogP contribution in [0.2, 0.25) is 0 Å². The summed E-state index contributed by atoms with van der Waals surface area (Å²) in [5.41, 5.74) is 0. The first kappa shape index (κ1) is 13.1. The highest BCUT2D eigenvalue weighted by atomic mass is 32.2. The minimum Gasteiger partial charge on any atom is -0.243 e. The summed E-state index contributed by atoms with van der Waals surface area (Å²) in [4.78, 5) is 7.52. The zero-order valence-corrected chi connectivity index (χ0v) is 9.82. The van der Waals surface area contributed by atoms with Gasteiger partial charge in [-0.05, 0) is 12.8 Å². The van der Waals surface area contributed by atoms with Gasteiger partial charge >= 0.3 is 0 Å². The summed E-state index contributed by atoms with van der Waals surface area (Å²) in [7, 11) is -3.25. The molecule has 1 heterocycles. The average molecular weight is 243 g/mol. The molecule has 0 saturated heterocycles. The lowest BCUT2D eigenvalue weighted by Crippen LogP contribution is -2.07. The number of hydrogen-bond donors (Lipinski definition) is 0. The van der Waals surface area contributed by atoms with Crippen LogP contribution in [0.3, 0.4) is 0 Å². The zero-order chi connectivity index (χ0) is 11.9. The average Bonchev–Trinajstić information content (AvgIpc) is 2.30. The van der Waals surface area contributed by atoms with Gasteiger partial charge in [-0.15, -0.1) is 0 Å². The maximum Gasteiger partial charge on any atom is 0.181 e. The van der Waals surface area contributed by atoms with Gasteiger partial charge in [-0.25, -0.2) is 23.5 Å². The minimum atomic E-state index is -3.25. The van der Waals surface area contributed by atoms with Crippen LogP contribution in [0, 0.1) is 0 Å². The van der Waals surface area contributed by atoms with Crippen molar-refractivity contribution >= 4 is 9.84 Å². The minimum absolute atomic E-state index is 0.0841. The fourth-order valence-electron chi connectivity index (χ4n) is 1.31. The second-order valence-electron chi connectivity index (χ2n) is 3.51. The molecule has 16 heavy (non-hydrogen) atoms. The molecule has 0 N–H and O–H groups in total. The summed E-state index contributed by atoms with van der Waals surface area (Å²) in [5, 5.41) is 10.2. The predicted octanol–water partition coefficient (Wildman–Crippen LogP) is 1.24. The van der Waals surface area contributed by atoms with E-state index in [0.29, 0.717) is 12.8 Å². The van der Waals surface area contributed by atoms with E-state index in [1.807, 2.05) is 0 Å². The van der Waals surface area contributed by atoms with Crippen LogP contribution in [-0.2, 0) is 14.9 Å². The van der Waals surface area contributed by atoms with Gasteiger partial charge in [0.05, 0.1) is 12.4 Å². The molecule has 1 aromatic rings. The Morgan fingerprint density at radius 3 is 2.25 bits per heavy atom. The first-order chi connectivity index (χ1) is 7.67. The molecule has 0 bridgehead atoms. The van der Waals surface area contributed by atoms with Crippen molar-refractivity contribution in [1.29, 1.82) is 0 Å². The van der Waals surface area contributed by atoms with Crippen molar-refractivity contribution in [3.8, 4) is 0 Å². The van der Waals surface area contributed by atoms with Crippen molar-refractivity contribution in [3.05, 3.63) is 18.7 Å². The third-order valence-electron chi connectivity index (χ3n) is 2.20. The maximum absolute atomic E-state index is 11.7. The lowest BCUT2D eigenvalue weighted by molar-refractivity contribution is 0.186. The largest absolute Gasteiger partial charge is 0.243 e. The number of hydrogen-bond acceptors (Lipinski definition) is 4. The Hall–Kier alpha value is -1.01. The van der Waals surface area contributed by atoms with Crippen molar-refractivity contribution in [3.63, 3.8) is 0 Å². The smallest absolute Gasteiger partial charge is 0.181 e. The van der Waals surface area contributed by atoms with Crippen LogP contribution >= 0.6 is 0 Å². The summed E-state index contributed by atoms with van der Waals surface area (Å²) in [6.07, 6.45) is 6.68. The molecule has 6 heteroatoms. The lowest BCUT2D eigenvalue weighted by atomic mass is 10.2. The van der Waals surface area contributed by atoms with Gasteiger partial charge in [0.15, 0.2) is 9.84 Å². The summed E-state index contributed by atoms with van der Waals surface area (Å²) in [6, 6.07) is 0. The summed E-state index contributed by atoms with van der Waals surface area (Å²) in [5.74, 6) is 0.0965. The third-order valence-corrected chi connectivity index (χ3v) is 3.96. The Morgan fingerprint density at radius 2 is 1.62 bits per heavy atom. The highest BCUT2D eigenvalue weighted by molar-refractivity contribution is 7.91. The Bertz CT molecular complexity index is 392. The van der Waals surface area contributed by atoms with Crippen molar-refractivity contribution in [1.82, 2.24) is 9.97 Å². The Kier molecular flexibility index (Phi) is 5.34. The zero-order valence-electron chi connectivity index (χ0n) is 9.00. The maximum atomic E-state index is 11.7. The van der Waals surface area contributed by atoms with E-state index < -0.39 is 9.84 Å². The summed E-state index contributed by atoms with van der Waals surface area (Å²) >= 11 is 0. The van der Waals surface area contributed by atoms with Gasteiger partial charge in [0.1, 0.15) is 11.2 Å². The Morgan fingerprint density at radius 1 is 1.00 bits per heavy atom. The van der Waals surface area contributed by atoms with Crippen molar-refractivity contribution in [2.75, 3.05) is 12.4 Å². The Labute approximate surface area is 95.5 Å². The molecule has 0 aromatic carbocycles. The van der Waals surface area contributed by atoms with Gasteiger partial charge in [-0.3, -0.25) is 0 Å². The van der Waals surface area contributed by atoms with E-state index in [-0.39, 0.29) is 17.3 Å². The molecule has 0 unspecified atom stereocenters. The van der Waals surface area contributed by atoms with Crippen LogP contribution in [-0.4, -0.2) is 30.7 Å². The van der Waals surface area contributed by atoms with Crippen molar-refractivity contribution in [2.24, 2.45) is 0 Å². The monoisotopic (exact) mass is 243 g/mol. The molecule has 89 valence electrons. The molecule has 0 aliphatic heterocycles. The number of nitrogens with zero attached hydrogens (tertiary/aromatic N) is 2. The number of sulfone groups is 1. The van der Waals surface area contributed by atoms with E-state index >= 15 is 0 Å². The topological polar surface area (TPSA) is 79.8 Å². The number of rotatable bonds is 7.